The molecule has 2 aromatic rings. The van der Waals surface area contributed by atoms with Gasteiger partial charge in [-0.3, -0.25) is 5.10 Å². The van der Waals surface area contributed by atoms with Gasteiger partial charge < -0.3 is 9.88 Å². The fourth-order valence-corrected chi connectivity index (χ4v) is 2.13. The zero-order chi connectivity index (χ0) is 12.8. The summed E-state index contributed by atoms with van der Waals surface area (Å²) in [4.78, 5) is 3.74. The van der Waals surface area contributed by atoms with Crippen molar-refractivity contribution in [2.75, 3.05) is 6.54 Å². The molecule has 0 amide bonds. The van der Waals surface area contributed by atoms with Crippen LogP contribution in [-0.4, -0.2) is 26.3 Å². The monoisotopic (exact) mass is 293 g/mol. The zero-order valence-corrected chi connectivity index (χ0v) is 10.5. The van der Waals surface area contributed by atoms with E-state index in [9.17, 15) is 13.2 Å². The van der Waals surface area contributed by atoms with Crippen molar-refractivity contribution in [3.63, 3.8) is 0 Å². The molecule has 104 valence electrons. The average Bonchev–Trinajstić information content (AvgIpc) is 2.94. The van der Waals surface area contributed by atoms with Crippen LogP contribution >= 0.6 is 12.4 Å². The lowest BCUT2D eigenvalue weighted by molar-refractivity contribution is -0.147. The third-order valence-corrected chi connectivity index (χ3v) is 2.90. The van der Waals surface area contributed by atoms with E-state index >= 15 is 0 Å². The Morgan fingerprint density at radius 1 is 1.32 bits per heavy atom. The van der Waals surface area contributed by atoms with E-state index in [4.69, 9.17) is 0 Å². The van der Waals surface area contributed by atoms with Crippen molar-refractivity contribution in [1.82, 2.24) is 25.1 Å². The number of aromatic nitrogens is 4. The number of hydrogen-bond donors (Lipinski definition) is 2. The largest absolute Gasteiger partial charge is 0.449 e. The van der Waals surface area contributed by atoms with Crippen molar-refractivity contribution in [3.05, 3.63) is 23.9 Å². The van der Waals surface area contributed by atoms with Crippen molar-refractivity contribution in [2.45, 2.75) is 19.3 Å². The molecule has 0 saturated heterocycles. The fourth-order valence-electron chi connectivity index (χ4n) is 2.13. The van der Waals surface area contributed by atoms with E-state index in [1.54, 1.807) is 0 Å². The highest BCUT2D eigenvalue weighted by atomic mass is 35.5. The highest BCUT2D eigenvalue weighted by Gasteiger charge is 2.39. The fraction of sp³-hybridized carbons (Fsp3) is 0.400. The van der Waals surface area contributed by atoms with E-state index in [-0.39, 0.29) is 19.0 Å². The standard InChI is InChI=1S/C10H10F3N5.ClH/c11-10(12,13)9-17-8(6-3-15-16-4-6)7-5-14-1-2-18(7)9;/h3-4,14H,1-2,5H2,(H,15,16);1H. The molecule has 1 aliphatic heterocycles. The molecule has 0 atom stereocenters. The van der Waals surface area contributed by atoms with Crippen molar-refractivity contribution >= 4 is 12.4 Å². The van der Waals surface area contributed by atoms with Crippen LogP contribution in [0.1, 0.15) is 11.5 Å². The van der Waals surface area contributed by atoms with Gasteiger partial charge in [0.15, 0.2) is 0 Å². The summed E-state index contributed by atoms with van der Waals surface area (Å²) >= 11 is 0. The van der Waals surface area contributed by atoms with Gasteiger partial charge in [-0.25, -0.2) is 4.98 Å². The van der Waals surface area contributed by atoms with Crippen LogP contribution in [0.2, 0.25) is 0 Å². The second kappa shape index (κ2) is 4.86. The third-order valence-electron chi connectivity index (χ3n) is 2.90. The number of nitrogens with zero attached hydrogens (tertiary/aromatic N) is 3. The molecular weight excluding hydrogens is 283 g/mol. The van der Waals surface area contributed by atoms with Gasteiger partial charge in [0.1, 0.15) is 0 Å². The maximum atomic E-state index is 12.9. The molecule has 0 aromatic carbocycles. The van der Waals surface area contributed by atoms with E-state index in [1.165, 1.54) is 17.0 Å². The molecule has 1 aliphatic rings. The number of aromatic amines is 1. The molecular formula is C10H11ClF3N5. The zero-order valence-electron chi connectivity index (χ0n) is 9.66. The summed E-state index contributed by atoms with van der Waals surface area (Å²) in [5, 5.41) is 9.37. The molecule has 2 aromatic heterocycles. The van der Waals surface area contributed by atoms with Crippen LogP contribution < -0.4 is 5.32 Å². The predicted octanol–water partition coefficient (Wildman–Crippen LogP) is 1.82. The van der Waals surface area contributed by atoms with Crippen LogP contribution in [0.25, 0.3) is 11.3 Å². The Bertz CT molecular complexity index is 560. The van der Waals surface area contributed by atoms with Gasteiger partial charge in [0, 0.05) is 31.4 Å². The van der Waals surface area contributed by atoms with Gasteiger partial charge >= 0.3 is 6.18 Å². The maximum absolute atomic E-state index is 12.9. The molecule has 2 N–H and O–H groups in total. The van der Waals surface area contributed by atoms with E-state index < -0.39 is 12.0 Å². The van der Waals surface area contributed by atoms with E-state index in [2.05, 4.69) is 20.5 Å². The lowest BCUT2D eigenvalue weighted by Crippen LogP contribution is -2.30. The smallest absolute Gasteiger partial charge is 0.321 e. The Labute approximate surface area is 112 Å². The molecule has 0 aliphatic carbocycles. The lowest BCUT2D eigenvalue weighted by Gasteiger charge is -2.19. The quantitative estimate of drug-likeness (QED) is 0.843. The predicted molar refractivity (Wildman–Crippen MR) is 63.8 cm³/mol. The van der Waals surface area contributed by atoms with Crippen molar-refractivity contribution in [3.8, 4) is 11.3 Å². The summed E-state index contributed by atoms with van der Waals surface area (Å²) in [5.41, 5.74) is 1.45. The first-order valence-corrected chi connectivity index (χ1v) is 5.44. The SMILES string of the molecule is Cl.FC(F)(F)c1nc(-c2cn[nH]c2)c2n1CCNC2. The summed E-state index contributed by atoms with van der Waals surface area (Å²) < 4.78 is 39.9. The maximum Gasteiger partial charge on any atom is 0.449 e. The van der Waals surface area contributed by atoms with Gasteiger partial charge in [-0.05, 0) is 0 Å². The average molecular weight is 294 g/mol. The van der Waals surface area contributed by atoms with E-state index in [0.717, 1.165) is 0 Å². The topological polar surface area (TPSA) is 58.5 Å². The van der Waals surface area contributed by atoms with Gasteiger partial charge in [-0.2, -0.15) is 18.3 Å². The Balaban J connectivity index is 0.00000133. The first-order valence-electron chi connectivity index (χ1n) is 5.44. The summed E-state index contributed by atoms with van der Waals surface area (Å²) in [6, 6.07) is 0. The van der Waals surface area contributed by atoms with Crippen molar-refractivity contribution < 1.29 is 13.2 Å². The molecule has 0 bridgehead atoms. The van der Waals surface area contributed by atoms with Crippen LogP contribution in [0, 0.1) is 0 Å². The first kappa shape index (κ1) is 13.9. The molecule has 19 heavy (non-hydrogen) atoms. The second-order valence-corrected chi connectivity index (χ2v) is 4.04. The molecule has 0 radical (unpaired) electrons. The first-order chi connectivity index (χ1) is 8.57. The molecule has 3 heterocycles. The number of nitrogens with one attached hydrogen (secondary N) is 2. The van der Waals surface area contributed by atoms with Crippen molar-refractivity contribution in [1.29, 1.82) is 0 Å². The Hall–Kier alpha value is -1.54. The number of halogens is 4. The van der Waals surface area contributed by atoms with Crippen LogP contribution in [0.3, 0.4) is 0 Å². The van der Waals surface area contributed by atoms with Gasteiger partial charge in [-0.15, -0.1) is 12.4 Å². The molecule has 9 heteroatoms. The summed E-state index contributed by atoms with van der Waals surface area (Å²) in [6.45, 7) is 1.16. The van der Waals surface area contributed by atoms with Crippen LogP contribution in [0.5, 0.6) is 0 Å². The van der Waals surface area contributed by atoms with Crippen LogP contribution in [0.15, 0.2) is 12.4 Å². The summed E-state index contributed by atoms with van der Waals surface area (Å²) in [7, 11) is 0. The number of imidazole rings is 1. The summed E-state index contributed by atoms with van der Waals surface area (Å²) in [5.74, 6) is -0.838. The van der Waals surface area contributed by atoms with E-state index in [1.807, 2.05) is 0 Å². The van der Waals surface area contributed by atoms with E-state index in [0.29, 0.717) is 30.0 Å². The molecule has 3 rings (SSSR count). The molecule has 5 nitrogen and oxygen atoms in total. The minimum Gasteiger partial charge on any atom is -0.321 e. The third kappa shape index (κ3) is 2.33. The normalized spacial score (nSPS) is 14.9. The number of alkyl halides is 3. The molecule has 0 saturated carbocycles. The van der Waals surface area contributed by atoms with Crippen LogP contribution in [-0.2, 0) is 19.3 Å². The minimum atomic E-state index is -4.44. The Morgan fingerprint density at radius 2 is 2.11 bits per heavy atom. The lowest BCUT2D eigenvalue weighted by atomic mass is 10.2. The molecule has 0 fully saturated rings. The molecule has 0 spiro atoms. The van der Waals surface area contributed by atoms with Gasteiger partial charge in [0.25, 0.3) is 0 Å². The number of rotatable bonds is 1. The number of hydrogen-bond acceptors (Lipinski definition) is 3. The highest BCUT2D eigenvalue weighted by Crippen LogP contribution is 2.34. The second-order valence-electron chi connectivity index (χ2n) is 4.04. The Kier molecular flexibility index (Phi) is 3.55. The van der Waals surface area contributed by atoms with Crippen LogP contribution in [0.4, 0.5) is 13.2 Å². The summed E-state index contributed by atoms with van der Waals surface area (Å²) in [6.07, 6.45) is -1.43. The Morgan fingerprint density at radius 3 is 2.74 bits per heavy atom. The molecule has 0 unspecified atom stereocenters. The van der Waals surface area contributed by atoms with Gasteiger partial charge in [0.05, 0.1) is 17.6 Å². The number of fused-ring (bicyclic) bond motifs is 1. The van der Waals surface area contributed by atoms with Gasteiger partial charge in [0.2, 0.25) is 5.82 Å². The van der Waals surface area contributed by atoms with Crippen molar-refractivity contribution in [2.24, 2.45) is 0 Å². The minimum absolute atomic E-state index is 0. The number of H-pyrrole nitrogens is 1. The van der Waals surface area contributed by atoms with Gasteiger partial charge in [-0.1, -0.05) is 0 Å². The highest BCUT2D eigenvalue weighted by molar-refractivity contribution is 5.85.